The Hall–Kier alpha value is -1.84. The standard InChI is InChI=1S/C16H16ClNO2/c1-11(12-7-9-14(17)10-8-12)18-15(16(19)20)13-5-3-2-4-6-13/h2-11,15,18H,1H3,(H,19,20)/t11-,15?/m0/s1. The topological polar surface area (TPSA) is 49.3 Å². The van der Waals surface area contributed by atoms with E-state index in [1.54, 1.807) is 24.3 Å². The van der Waals surface area contributed by atoms with Gasteiger partial charge in [-0.15, -0.1) is 0 Å². The Labute approximate surface area is 123 Å². The molecule has 2 N–H and O–H groups in total. The molecular formula is C16H16ClNO2. The molecule has 0 bridgehead atoms. The van der Waals surface area contributed by atoms with Gasteiger partial charge < -0.3 is 5.11 Å². The van der Waals surface area contributed by atoms with Crippen molar-refractivity contribution in [2.45, 2.75) is 19.0 Å². The average Bonchev–Trinajstić information content (AvgIpc) is 2.46. The lowest BCUT2D eigenvalue weighted by Gasteiger charge is -2.21. The minimum Gasteiger partial charge on any atom is -0.480 e. The molecule has 0 heterocycles. The van der Waals surface area contributed by atoms with E-state index in [9.17, 15) is 9.90 Å². The lowest BCUT2D eigenvalue weighted by atomic mass is 10.0. The number of rotatable bonds is 5. The van der Waals surface area contributed by atoms with Gasteiger partial charge in [0.25, 0.3) is 0 Å². The van der Waals surface area contributed by atoms with E-state index in [4.69, 9.17) is 11.6 Å². The van der Waals surface area contributed by atoms with Crippen LogP contribution in [0.3, 0.4) is 0 Å². The van der Waals surface area contributed by atoms with Crippen LogP contribution in [-0.4, -0.2) is 11.1 Å². The molecule has 2 atom stereocenters. The van der Waals surface area contributed by atoms with Crippen LogP contribution >= 0.6 is 11.6 Å². The lowest BCUT2D eigenvalue weighted by molar-refractivity contribution is -0.139. The minimum atomic E-state index is -0.892. The van der Waals surface area contributed by atoms with Crippen LogP contribution < -0.4 is 5.32 Å². The summed E-state index contributed by atoms with van der Waals surface area (Å²) < 4.78 is 0. The molecule has 0 aromatic heterocycles. The molecule has 0 spiro atoms. The molecule has 0 radical (unpaired) electrons. The third-order valence-corrected chi connectivity index (χ3v) is 3.42. The monoisotopic (exact) mass is 289 g/mol. The van der Waals surface area contributed by atoms with Gasteiger partial charge in [-0.1, -0.05) is 54.1 Å². The van der Waals surface area contributed by atoms with Crippen LogP contribution in [0.15, 0.2) is 54.6 Å². The van der Waals surface area contributed by atoms with Crippen molar-refractivity contribution in [2.75, 3.05) is 0 Å². The molecule has 20 heavy (non-hydrogen) atoms. The van der Waals surface area contributed by atoms with Gasteiger partial charge in [-0.2, -0.15) is 0 Å². The van der Waals surface area contributed by atoms with E-state index in [1.807, 2.05) is 37.3 Å². The zero-order chi connectivity index (χ0) is 14.5. The highest BCUT2D eigenvalue weighted by Crippen LogP contribution is 2.21. The van der Waals surface area contributed by atoms with Gasteiger partial charge in [0.1, 0.15) is 6.04 Å². The van der Waals surface area contributed by atoms with E-state index < -0.39 is 12.0 Å². The Kier molecular flexibility index (Phi) is 4.77. The molecule has 0 aliphatic carbocycles. The van der Waals surface area contributed by atoms with Gasteiger partial charge >= 0.3 is 5.97 Å². The van der Waals surface area contributed by atoms with Crippen LogP contribution in [0.25, 0.3) is 0 Å². The summed E-state index contributed by atoms with van der Waals surface area (Å²) in [6, 6.07) is 15.7. The summed E-state index contributed by atoms with van der Waals surface area (Å²) in [5.74, 6) is -0.892. The number of hydrogen-bond donors (Lipinski definition) is 2. The van der Waals surface area contributed by atoms with Gasteiger partial charge in [-0.05, 0) is 30.2 Å². The molecule has 0 aliphatic rings. The highest BCUT2D eigenvalue weighted by atomic mass is 35.5. The molecule has 0 fully saturated rings. The first kappa shape index (κ1) is 14.6. The van der Waals surface area contributed by atoms with Crippen LogP contribution in [0.1, 0.15) is 30.1 Å². The number of hydrogen-bond acceptors (Lipinski definition) is 2. The van der Waals surface area contributed by atoms with E-state index in [0.29, 0.717) is 5.02 Å². The largest absolute Gasteiger partial charge is 0.480 e. The molecule has 4 heteroatoms. The number of benzene rings is 2. The Morgan fingerprint density at radius 3 is 2.20 bits per heavy atom. The molecule has 0 amide bonds. The normalized spacial score (nSPS) is 13.7. The Morgan fingerprint density at radius 1 is 1.05 bits per heavy atom. The fourth-order valence-corrected chi connectivity index (χ4v) is 2.18. The molecule has 0 saturated carbocycles. The Balaban J connectivity index is 2.16. The summed E-state index contributed by atoms with van der Waals surface area (Å²) in [5.41, 5.74) is 1.73. The molecule has 104 valence electrons. The van der Waals surface area contributed by atoms with E-state index >= 15 is 0 Å². The summed E-state index contributed by atoms with van der Waals surface area (Å²) >= 11 is 5.85. The first-order chi connectivity index (χ1) is 9.58. The van der Waals surface area contributed by atoms with Crippen molar-refractivity contribution < 1.29 is 9.90 Å². The van der Waals surface area contributed by atoms with Crippen molar-refractivity contribution in [3.63, 3.8) is 0 Å². The van der Waals surface area contributed by atoms with Gasteiger partial charge in [0, 0.05) is 11.1 Å². The summed E-state index contributed by atoms with van der Waals surface area (Å²) in [5, 5.41) is 13.2. The number of carboxylic acids is 1. The highest BCUT2D eigenvalue weighted by molar-refractivity contribution is 6.30. The SMILES string of the molecule is C[C@H](NC(C(=O)O)c1ccccc1)c1ccc(Cl)cc1. The number of halogens is 1. The van der Waals surface area contributed by atoms with Gasteiger partial charge in [0.2, 0.25) is 0 Å². The fourth-order valence-electron chi connectivity index (χ4n) is 2.05. The first-order valence-corrected chi connectivity index (χ1v) is 6.75. The van der Waals surface area contributed by atoms with Crippen LogP contribution in [0.5, 0.6) is 0 Å². The quantitative estimate of drug-likeness (QED) is 0.880. The molecule has 2 aromatic rings. The second-order valence-electron chi connectivity index (χ2n) is 4.62. The van der Waals surface area contributed by atoms with E-state index in [0.717, 1.165) is 11.1 Å². The molecule has 0 saturated heterocycles. The van der Waals surface area contributed by atoms with Crippen molar-refractivity contribution in [3.8, 4) is 0 Å². The van der Waals surface area contributed by atoms with Gasteiger partial charge in [-0.25, -0.2) is 0 Å². The summed E-state index contributed by atoms with van der Waals surface area (Å²) in [4.78, 5) is 11.4. The predicted molar refractivity (Wildman–Crippen MR) is 79.8 cm³/mol. The zero-order valence-corrected chi connectivity index (χ0v) is 11.8. The maximum Gasteiger partial charge on any atom is 0.325 e. The van der Waals surface area contributed by atoms with Gasteiger partial charge in [-0.3, -0.25) is 10.1 Å². The second-order valence-corrected chi connectivity index (χ2v) is 5.06. The second kappa shape index (κ2) is 6.55. The number of aliphatic carboxylic acids is 1. The smallest absolute Gasteiger partial charge is 0.325 e. The van der Waals surface area contributed by atoms with Crippen LogP contribution in [-0.2, 0) is 4.79 Å². The number of carboxylic acid groups (broad SMARTS) is 1. The van der Waals surface area contributed by atoms with Crippen molar-refractivity contribution in [1.29, 1.82) is 0 Å². The lowest BCUT2D eigenvalue weighted by Crippen LogP contribution is -2.30. The summed E-state index contributed by atoms with van der Waals surface area (Å²) in [6.07, 6.45) is 0. The average molecular weight is 290 g/mol. The Morgan fingerprint density at radius 2 is 1.65 bits per heavy atom. The van der Waals surface area contributed by atoms with Gasteiger partial charge in [0.05, 0.1) is 0 Å². The van der Waals surface area contributed by atoms with Crippen molar-refractivity contribution in [1.82, 2.24) is 5.32 Å². The molecule has 3 nitrogen and oxygen atoms in total. The molecule has 2 rings (SSSR count). The number of carbonyl (C=O) groups is 1. The molecule has 0 aliphatic heterocycles. The third-order valence-electron chi connectivity index (χ3n) is 3.17. The molecule has 1 unspecified atom stereocenters. The number of nitrogens with one attached hydrogen (secondary N) is 1. The molecular weight excluding hydrogens is 274 g/mol. The minimum absolute atomic E-state index is 0.0893. The predicted octanol–water partition coefficient (Wildman–Crippen LogP) is 3.82. The molecule has 2 aromatic carbocycles. The maximum absolute atomic E-state index is 11.4. The van der Waals surface area contributed by atoms with E-state index in [2.05, 4.69) is 5.32 Å². The van der Waals surface area contributed by atoms with Crippen molar-refractivity contribution >= 4 is 17.6 Å². The van der Waals surface area contributed by atoms with Crippen LogP contribution in [0.4, 0.5) is 0 Å². The van der Waals surface area contributed by atoms with Gasteiger partial charge in [0.15, 0.2) is 0 Å². The fraction of sp³-hybridized carbons (Fsp3) is 0.188. The Bertz CT molecular complexity index is 569. The van der Waals surface area contributed by atoms with Crippen LogP contribution in [0.2, 0.25) is 5.02 Å². The van der Waals surface area contributed by atoms with E-state index in [-0.39, 0.29) is 6.04 Å². The van der Waals surface area contributed by atoms with Crippen molar-refractivity contribution in [3.05, 3.63) is 70.7 Å². The van der Waals surface area contributed by atoms with Crippen LogP contribution in [0, 0.1) is 0 Å². The maximum atomic E-state index is 11.4. The first-order valence-electron chi connectivity index (χ1n) is 6.37. The zero-order valence-electron chi connectivity index (χ0n) is 11.1. The summed E-state index contributed by atoms with van der Waals surface area (Å²) in [6.45, 7) is 1.93. The van der Waals surface area contributed by atoms with E-state index in [1.165, 1.54) is 0 Å². The third kappa shape index (κ3) is 3.59. The summed E-state index contributed by atoms with van der Waals surface area (Å²) in [7, 11) is 0. The van der Waals surface area contributed by atoms with Crippen molar-refractivity contribution in [2.24, 2.45) is 0 Å². The highest BCUT2D eigenvalue weighted by Gasteiger charge is 2.21.